The van der Waals surface area contributed by atoms with Crippen LogP contribution in [0.4, 0.5) is 5.00 Å². The molecule has 4 heteroatoms. The molecule has 1 aromatic heterocycles. The van der Waals surface area contributed by atoms with Crippen LogP contribution in [0.25, 0.3) is 11.3 Å². The molecule has 0 radical (unpaired) electrons. The average Bonchev–Trinajstić information content (AvgIpc) is 2.70. The van der Waals surface area contributed by atoms with Crippen LogP contribution in [0.5, 0.6) is 5.75 Å². The molecule has 0 atom stereocenters. The molecule has 0 saturated heterocycles. The summed E-state index contributed by atoms with van der Waals surface area (Å²) >= 11 is 1.58. The molecule has 102 valence electrons. The standard InChI is InChI=1S/C15H20N2OS/c1-4-6-13-17-14(15(16)19-13)11-7-5-8-12(9-11)18-10(2)3/h5,7-10H,4,6,16H2,1-3H3. The van der Waals surface area contributed by atoms with Gasteiger partial charge >= 0.3 is 0 Å². The number of thiazole rings is 1. The van der Waals surface area contributed by atoms with Gasteiger partial charge in [-0.3, -0.25) is 0 Å². The maximum Gasteiger partial charge on any atom is 0.120 e. The SMILES string of the molecule is CCCc1nc(-c2cccc(OC(C)C)c2)c(N)s1. The fourth-order valence-corrected chi connectivity index (χ4v) is 2.85. The van der Waals surface area contributed by atoms with Gasteiger partial charge in [0.1, 0.15) is 16.4 Å². The Morgan fingerprint density at radius 2 is 2.16 bits per heavy atom. The smallest absolute Gasteiger partial charge is 0.120 e. The van der Waals surface area contributed by atoms with E-state index in [0.717, 1.165) is 39.9 Å². The lowest BCUT2D eigenvalue weighted by Crippen LogP contribution is -2.05. The number of nitrogens with two attached hydrogens (primary N) is 1. The number of hydrogen-bond donors (Lipinski definition) is 1. The van der Waals surface area contributed by atoms with Crippen molar-refractivity contribution in [3.05, 3.63) is 29.3 Å². The van der Waals surface area contributed by atoms with Crippen molar-refractivity contribution in [1.82, 2.24) is 4.98 Å². The molecule has 0 fully saturated rings. The van der Waals surface area contributed by atoms with Crippen molar-refractivity contribution in [3.8, 4) is 17.0 Å². The number of ether oxygens (including phenoxy) is 1. The van der Waals surface area contributed by atoms with Gasteiger partial charge in [-0.1, -0.05) is 19.1 Å². The molecular weight excluding hydrogens is 256 g/mol. The third-order valence-corrected chi connectivity index (χ3v) is 3.59. The molecule has 2 rings (SSSR count). The summed E-state index contributed by atoms with van der Waals surface area (Å²) in [5, 5.41) is 1.88. The second-order valence-electron chi connectivity index (χ2n) is 4.76. The number of nitrogen functional groups attached to an aromatic ring is 1. The van der Waals surface area contributed by atoms with Gasteiger partial charge in [-0.25, -0.2) is 4.98 Å². The Bertz CT molecular complexity index is 549. The van der Waals surface area contributed by atoms with Crippen LogP contribution in [0.15, 0.2) is 24.3 Å². The molecule has 1 aromatic carbocycles. The van der Waals surface area contributed by atoms with Crippen molar-refractivity contribution in [2.75, 3.05) is 5.73 Å². The number of anilines is 1. The van der Waals surface area contributed by atoms with E-state index in [-0.39, 0.29) is 6.10 Å². The quantitative estimate of drug-likeness (QED) is 0.893. The molecular formula is C15H20N2OS. The second kappa shape index (κ2) is 6.06. The van der Waals surface area contributed by atoms with E-state index in [1.165, 1.54) is 0 Å². The molecule has 0 unspecified atom stereocenters. The van der Waals surface area contributed by atoms with Crippen LogP contribution in [0.1, 0.15) is 32.2 Å². The first-order valence-corrected chi connectivity index (χ1v) is 7.44. The molecule has 0 bridgehead atoms. The molecule has 0 spiro atoms. The molecule has 2 aromatic rings. The van der Waals surface area contributed by atoms with Gasteiger partial charge in [-0.05, 0) is 38.8 Å². The largest absolute Gasteiger partial charge is 0.491 e. The van der Waals surface area contributed by atoms with Crippen molar-refractivity contribution in [1.29, 1.82) is 0 Å². The Morgan fingerprint density at radius 3 is 2.84 bits per heavy atom. The summed E-state index contributed by atoms with van der Waals surface area (Å²) in [4.78, 5) is 4.63. The molecule has 0 amide bonds. The fraction of sp³-hybridized carbons (Fsp3) is 0.400. The van der Waals surface area contributed by atoms with E-state index in [1.54, 1.807) is 11.3 Å². The number of nitrogens with zero attached hydrogens (tertiary/aromatic N) is 1. The minimum absolute atomic E-state index is 0.165. The summed E-state index contributed by atoms with van der Waals surface area (Å²) in [6.45, 7) is 6.18. The highest BCUT2D eigenvalue weighted by molar-refractivity contribution is 7.16. The van der Waals surface area contributed by atoms with Crippen LogP contribution < -0.4 is 10.5 Å². The van der Waals surface area contributed by atoms with Crippen molar-refractivity contribution < 1.29 is 4.74 Å². The van der Waals surface area contributed by atoms with E-state index in [2.05, 4.69) is 11.9 Å². The molecule has 3 nitrogen and oxygen atoms in total. The van der Waals surface area contributed by atoms with Crippen molar-refractivity contribution in [2.24, 2.45) is 0 Å². The van der Waals surface area contributed by atoms with Gasteiger partial charge < -0.3 is 10.5 Å². The minimum Gasteiger partial charge on any atom is -0.491 e. The van der Waals surface area contributed by atoms with Crippen LogP contribution >= 0.6 is 11.3 Å². The summed E-state index contributed by atoms with van der Waals surface area (Å²) in [6.07, 6.45) is 2.23. The molecule has 0 saturated carbocycles. The highest BCUT2D eigenvalue weighted by Crippen LogP contribution is 2.32. The fourth-order valence-electron chi connectivity index (χ4n) is 1.89. The summed E-state index contributed by atoms with van der Waals surface area (Å²) in [5.41, 5.74) is 7.97. The Kier molecular flexibility index (Phi) is 4.43. The maximum absolute atomic E-state index is 6.07. The lowest BCUT2D eigenvalue weighted by atomic mass is 10.1. The van der Waals surface area contributed by atoms with Crippen molar-refractivity contribution in [2.45, 2.75) is 39.7 Å². The third kappa shape index (κ3) is 3.47. The third-order valence-electron chi connectivity index (χ3n) is 2.64. The highest BCUT2D eigenvalue weighted by atomic mass is 32.1. The number of aryl methyl sites for hydroxylation is 1. The lowest BCUT2D eigenvalue weighted by molar-refractivity contribution is 0.242. The lowest BCUT2D eigenvalue weighted by Gasteiger charge is -2.10. The van der Waals surface area contributed by atoms with E-state index >= 15 is 0 Å². The number of hydrogen-bond acceptors (Lipinski definition) is 4. The summed E-state index contributed by atoms with van der Waals surface area (Å²) < 4.78 is 5.71. The summed E-state index contributed by atoms with van der Waals surface area (Å²) in [6, 6.07) is 7.96. The first-order chi connectivity index (χ1) is 9.10. The van der Waals surface area contributed by atoms with Gasteiger partial charge in [-0.2, -0.15) is 0 Å². The molecule has 1 heterocycles. The van der Waals surface area contributed by atoms with Crippen LogP contribution in [0.2, 0.25) is 0 Å². The van der Waals surface area contributed by atoms with Gasteiger partial charge in [0.2, 0.25) is 0 Å². The zero-order valence-corrected chi connectivity index (χ0v) is 12.5. The van der Waals surface area contributed by atoms with Gasteiger partial charge in [0, 0.05) is 5.56 Å². The van der Waals surface area contributed by atoms with E-state index in [4.69, 9.17) is 10.5 Å². The van der Waals surface area contributed by atoms with Crippen LogP contribution in [-0.2, 0) is 6.42 Å². The molecule has 19 heavy (non-hydrogen) atoms. The van der Waals surface area contributed by atoms with Crippen LogP contribution in [0.3, 0.4) is 0 Å². The molecule has 0 aliphatic rings. The summed E-state index contributed by atoms with van der Waals surface area (Å²) in [5.74, 6) is 0.858. The topological polar surface area (TPSA) is 48.1 Å². The van der Waals surface area contributed by atoms with Crippen molar-refractivity contribution in [3.63, 3.8) is 0 Å². The predicted octanol–water partition coefficient (Wildman–Crippen LogP) is 4.13. The number of rotatable bonds is 5. The first kappa shape index (κ1) is 13.9. The highest BCUT2D eigenvalue weighted by Gasteiger charge is 2.11. The Balaban J connectivity index is 2.30. The van der Waals surface area contributed by atoms with Crippen LogP contribution in [0, 0.1) is 0 Å². The van der Waals surface area contributed by atoms with Gasteiger partial charge in [-0.15, -0.1) is 11.3 Å². The predicted molar refractivity (Wildman–Crippen MR) is 81.7 cm³/mol. The second-order valence-corrected chi connectivity index (χ2v) is 5.88. The molecule has 2 N–H and O–H groups in total. The van der Waals surface area contributed by atoms with E-state index in [1.807, 2.05) is 38.1 Å². The minimum atomic E-state index is 0.165. The number of aromatic nitrogens is 1. The normalized spacial score (nSPS) is 10.9. The Hall–Kier alpha value is -1.55. The van der Waals surface area contributed by atoms with E-state index in [9.17, 15) is 0 Å². The average molecular weight is 276 g/mol. The van der Waals surface area contributed by atoms with E-state index in [0.29, 0.717) is 0 Å². The Labute approximate surface area is 118 Å². The number of benzene rings is 1. The zero-order valence-electron chi connectivity index (χ0n) is 11.6. The van der Waals surface area contributed by atoms with Gasteiger partial charge in [0.15, 0.2) is 0 Å². The monoisotopic (exact) mass is 276 g/mol. The van der Waals surface area contributed by atoms with Gasteiger partial charge in [0.25, 0.3) is 0 Å². The maximum atomic E-state index is 6.07. The first-order valence-electron chi connectivity index (χ1n) is 6.62. The van der Waals surface area contributed by atoms with Crippen LogP contribution in [-0.4, -0.2) is 11.1 Å². The zero-order chi connectivity index (χ0) is 13.8. The summed E-state index contributed by atoms with van der Waals surface area (Å²) in [7, 11) is 0. The van der Waals surface area contributed by atoms with E-state index < -0.39 is 0 Å². The van der Waals surface area contributed by atoms with Gasteiger partial charge in [0.05, 0.1) is 11.1 Å². The molecule has 0 aliphatic heterocycles. The van der Waals surface area contributed by atoms with Crippen molar-refractivity contribution >= 4 is 16.3 Å². The Morgan fingerprint density at radius 1 is 1.37 bits per heavy atom. The molecule has 0 aliphatic carbocycles.